The number of rotatable bonds is 5. The molecule has 2 aliphatic rings. The molecule has 0 atom stereocenters. The zero-order valence-corrected chi connectivity index (χ0v) is 21.6. The molecule has 2 heterocycles. The van der Waals surface area contributed by atoms with Gasteiger partial charge in [0.2, 0.25) is 0 Å². The second-order valence-corrected chi connectivity index (χ2v) is 10.2. The van der Waals surface area contributed by atoms with Crippen molar-refractivity contribution in [3.05, 3.63) is 121 Å². The number of hydrogen-bond donors (Lipinski definition) is 0. The smallest absolute Gasteiger partial charge is 0.129 e. The standard InChI is InChI=1S/C32H32N4O/c1-32(2)30-17-7-8-18-31(30)35(24-36(32)25-11-5-4-6-12-25)27-14-10-16-29(22-27)37-28-15-9-13-26(21-28)34-20-19-33(3)23-34/h4-22H,23-24H2,1-3H3. The Morgan fingerprint density at radius 3 is 2.03 bits per heavy atom. The van der Waals surface area contributed by atoms with Crippen molar-refractivity contribution in [1.29, 1.82) is 0 Å². The van der Waals surface area contributed by atoms with Crippen molar-refractivity contribution in [3.8, 4) is 11.5 Å². The Kier molecular flexibility index (Phi) is 5.76. The van der Waals surface area contributed by atoms with E-state index in [4.69, 9.17) is 4.74 Å². The summed E-state index contributed by atoms with van der Waals surface area (Å²) >= 11 is 0. The van der Waals surface area contributed by atoms with E-state index in [2.05, 4.69) is 138 Å². The average molecular weight is 489 g/mol. The molecule has 37 heavy (non-hydrogen) atoms. The zero-order chi connectivity index (χ0) is 25.4. The average Bonchev–Trinajstić information content (AvgIpc) is 3.36. The third kappa shape index (κ3) is 4.38. The molecule has 4 aromatic rings. The number of benzene rings is 4. The summed E-state index contributed by atoms with van der Waals surface area (Å²) in [7, 11) is 2.07. The fourth-order valence-corrected chi connectivity index (χ4v) is 5.27. The Bertz CT molecular complexity index is 1430. The highest BCUT2D eigenvalue weighted by Gasteiger charge is 2.38. The van der Waals surface area contributed by atoms with E-state index < -0.39 is 0 Å². The first-order valence-electron chi connectivity index (χ1n) is 12.7. The van der Waals surface area contributed by atoms with Crippen LogP contribution >= 0.6 is 0 Å². The van der Waals surface area contributed by atoms with E-state index in [1.165, 1.54) is 16.9 Å². The molecule has 0 aromatic heterocycles. The Balaban J connectivity index is 1.32. The molecule has 0 saturated carbocycles. The van der Waals surface area contributed by atoms with E-state index in [0.717, 1.165) is 36.2 Å². The summed E-state index contributed by atoms with van der Waals surface area (Å²) in [5.74, 6) is 1.64. The number of nitrogens with zero attached hydrogens (tertiary/aromatic N) is 4. The molecule has 0 bridgehead atoms. The molecule has 4 aromatic carbocycles. The molecule has 0 N–H and O–H groups in total. The number of ether oxygens (including phenoxy) is 1. The van der Waals surface area contributed by atoms with Crippen LogP contribution < -0.4 is 19.4 Å². The summed E-state index contributed by atoms with van der Waals surface area (Å²) in [5.41, 5.74) is 5.79. The highest BCUT2D eigenvalue weighted by molar-refractivity contribution is 5.74. The quantitative estimate of drug-likeness (QED) is 0.289. The first kappa shape index (κ1) is 23.0. The normalized spacial score (nSPS) is 16.2. The predicted molar refractivity (Wildman–Crippen MR) is 153 cm³/mol. The van der Waals surface area contributed by atoms with Crippen molar-refractivity contribution in [2.24, 2.45) is 0 Å². The van der Waals surface area contributed by atoms with Crippen LogP contribution in [0.1, 0.15) is 19.4 Å². The maximum absolute atomic E-state index is 6.37. The summed E-state index contributed by atoms with van der Waals surface area (Å²) in [6.07, 6.45) is 4.17. The summed E-state index contributed by atoms with van der Waals surface area (Å²) in [6.45, 7) is 6.18. The molecule has 0 radical (unpaired) electrons. The topological polar surface area (TPSA) is 22.2 Å². The second-order valence-electron chi connectivity index (χ2n) is 10.2. The van der Waals surface area contributed by atoms with Crippen LogP contribution in [0, 0.1) is 0 Å². The lowest BCUT2D eigenvalue weighted by atomic mass is 9.87. The fourth-order valence-electron chi connectivity index (χ4n) is 5.27. The molecule has 0 unspecified atom stereocenters. The van der Waals surface area contributed by atoms with Gasteiger partial charge in [-0.3, -0.25) is 0 Å². The fraction of sp³-hybridized carbons (Fsp3) is 0.188. The summed E-state index contributed by atoms with van der Waals surface area (Å²) in [6, 6.07) is 36.0. The Labute approximate surface area is 219 Å². The highest BCUT2D eigenvalue weighted by atomic mass is 16.5. The minimum atomic E-state index is -0.152. The molecule has 0 saturated heterocycles. The van der Waals surface area contributed by atoms with Gasteiger partial charge in [-0.1, -0.05) is 48.5 Å². The molecule has 0 amide bonds. The van der Waals surface area contributed by atoms with Crippen molar-refractivity contribution < 1.29 is 4.74 Å². The molecular formula is C32H32N4O. The van der Waals surface area contributed by atoms with E-state index in [1.807, 2.05) is 18.2 Å². The van der Waals surface area contributed by atoms with Crippen molar-refractivity contribution in [2.45, 2.75) is 19.4 Å². The summed E-state index contributed by atoms with van der Waals surface area (Å²) in [5, 5.41) is 0. The second kappa shape index (κ2) is 9.25. The maximum Gasteiger partial charge on any atom is 0.129 e. The predicted octanol–water partition coefficient (Wildman–Crippen LogP) is 7.51. The van der Waals surface area contributed by atoms with Gasteiger partial charge in [0.1, 0.15) is 11.5 Å². The van der Waals surface area contributed by atoms with Gasteiger partial charge in [0.05, 0.1) is 18.9 Å². The minimum Gasteiger partial charge on any atom is -0.457 e. The van der Waals surface area contributed by atoms with Crippen LogP contribution in [-0.2, 0) is 5.54 Å². The first-order valence-corrected chi connectivity index (χ1v) is 12.7. The van der Waals surface area contributed by atoms with Gasteiger partial charge in [-0.25, -0.2) is 0 Å². The van der Waals surface area contributed by atoms with Crippen molar-refractivity contribution in [2.75, 3.05) is 35.1 Å². The van der Waals surface area contributed by atoms with E-state index in [9.17, 15) is 0 Å². The lowest BCUT2D eigenvalue weighted by Crippen LogP contribution is -2.51. The number of anilines is 4. The van der Waals surface area contributed by atoms with E-state index in [1.54, 1.807) is 0 Å². The lowest BCUT2D eigenvalue weighted by Gasteiger charge is -2.50. The van der Waals surface area contributed by atoms with Crippen molar-refractivity contribution in [1.82, 2.24) is 4.90 Å². The van der Waals surface area contributed by atoms with Crippen LogP contribution in [-0.4, -0.2) is 25.3 Å². The highest BCUT2D eigenvalue weighted by Crippen LogP contribution is 2.45. The van der Waals surface area contributed by atoms with E-state index in [-0.39, 0.29) is 5.54 Å². The number of fused-ring (bicyclic) bond motifs is 1. The Morgan fingerprint density at radius 2 is 1.30 bits per heavy atom. The van der Waals surface area contributed by atoms with Gasteiger partial charge in [-0.05, 0) is 56.3 Å². The van der Waals surface area contributed by atoms with Crippen molar-refractivity contribution in [3.63, 3.8) is 0 Å². The van der Waals surface area contributed by atoms with Crippen molar-refractivity contribution >= 4 is 22.7 Å². The largest absolute Gasteiger partial charge is 0.457 e. The van der Waals surface area contributed by atoms with Gasteiger partial charge in [0.15, 0.2) is 0 Å². The maximum atomic E-state index is 6.37. The third-order valence-electron chi connectivity index (χ3n) is 7.27. The van der Waals surface area contributed by atoms with Gasteiger partial charge in [0.25, 0.3) is 0 Å². The zero-order valence-electron chi connectivity index (χ0n) is 21.6. The molecule has 5 nitrogen and oxygen atoms in total. The molecule has 0 spiro atoms. The Hall–Kier alpha value is -4.38. The van der Waals surface area contributed by atoms with E-state index >= 15 is 0 Å². The van der Waals surface area contributed by atoms with Gasteiger partial charge >= 0.3 is 0 Å². The molecule has 5 heteroatoms. The van der Waals surface area contributed by atoms with Crippen LogP contribution in [0.25, 0.3) is 0 Å². The molecule has 186 valence electrons. The van der Waals surface area contributed by atoms with Gasteiger partial charge in [0, 0.05) is 59.9 Å². The van der Waals surface area contributed by atoms with Crippen LogP contribution in [0.5, 0.6) is 11.5 Å². The summed E-state index contributed by atoms with van der Waals surface area (Å²) in [4.78, 5) is 9.19. The van der Waals surface area contributed by atoms with Crippen LogP contribution in [0.4, 0.5) is 22.7 Å². The molecular weight excluding hydrogens is 456 g/mol. The number of para-hydroxylation sites is 2. The molecule has 2 aliphatic heterocycles. The number of hydrogen-bond acceptors (Lipinski definition) is 5. The molecule has 0 fully saturated rings. The summed E-state index contributed by atoms with van der Waals surface area (Å²) < 4.78 is 6.37. The first-order chi connectivity index (χ1) is 18.0. The van der Waals surface area contributed by atoms with Gasteiger partial charge < -0.3 is 24.3 Å². The van der Waals surface area contributed by atoms with Crippen LogP contribution in [0.2, 0.25) is 0 Å². The van der Waals surface area contributed by atoms with Crippen LogP contribution in [0.15, 0.2) is 116 Å². The van der Waals surface area contributed by atoms with Gasteiger partial charge in [-0.15, -0.1) is 0 Å². The lowest BCUT2D eigenvalue weighted by molar-refractivity contribution is 0.464. The SMILES string of the molecule is CN1C=CN(c2cccc(Oc3cccc(N4CN(c5ccccc5)C(C)(C)c5ccccc54)c3)c2)C1. The molecule has 0 aliphatic carbocycles. The van der Waals surface area contributed by atoms with E-state index in [0.29, 0.717) is 0 Å². The third-order valence-corrected chi connectivity index (χ3v) is 7.27. The molecule has 6 rings (SSSR count). The monoisotopic (exact) mass is 488 g/mol. The van der Waals surface area contributed by atoms with Crippen LogP contribution in [0.3, 0.4) is 0 Å². The van der Waals surface area contributed by atoms with Gasteiger partial charge in [-0.2, -0.15) is 0 Å². The Morgan fingerprint density at radius 1 is 0.649 bits per heavy atom. The minimum absolute atomic E-state index is 0.152.